The number of aliphatic hydroxyl groups excluding tert-OH is 2. The third-order valence-corrected chi connectivity index (χ3v) is 17.0. The number of aliphatic hydroxyl groups is 2. The van der Waals surface area contributed by atoms with Crippen molar-refractivity contribution in [3.63, 3.8) is 0 Å². The summed E-state index contributed by atoms with van der Waals surface area (Å²) in [5.74, 6) is 0.362. The maximum Gasteiger partial charge on any atom is 0.206 e. The summed E-state index contributed by atoms with van der Waals surface area (Å²) in [4.78, 5) is 0.235. The zero-order valence-corrected chi connectivity index (χ0v) is 41.4. The Kier molecular flexibility index (Phi) is 14.3. The molecule has 0 saturated carbocycles. The van der Waals surface area contributed by atoms with Crippen LogP contribution in [-0.4, -0.2) is 87.7 Å². The molecule has 16 heteroatoms. The van der Waals surface area contributed by atoms with Crippen LogP contribution in [0.4, 0.5) is 11.4 Å². The summed E-state index contributed by atoms with van der Waals surface area (Å²) in [7, 11) is -3.94. The van der Waals surface area contributed by atoms with Gasteiger partial charge in [-0.05, 0) is 123 Å². The lowest BCUT2D eigenvalue weighted by molar-refractivity contribution is 0.176. The van der Waals surface area contributed by atoms with E-state index in [1.807, 2.05) is 31.4 Å². The van der Waals surface area contributed by atoms with Gasteiger partial charge in [0, 0.05) is 62.5 Å². The largest absolute Gasteiger partial charge is 0.391 e. The molecule has 3 aromatic heterocycles. The fourth-order valence-corrected chi connectivity index (χ4v) is 12.2. The first-order valence-electron chi connectivity index (χ1n) is 22.5. The molecule has 9 aromatic rings. The fraction of sp³-hybridized carbons (Fsp3) is 0.231. The Hall–Kier alpha value is -6.01. The van der Waals surface area contributed by atoms with Crippen LogP contribution in [0, 0.1) is 0 Å². The minimum atomic E-state index is -3.94. The average molecular weight is 981 g/mol. The van der Waals surface area contributed by atoms with E-state index in [4.69, 9.17) is 10.2 Å². The van der Waals surface area contributed by atoms with Gasteiger partial charge in [0.25, 0.3) is 0 Å². The van der Waals surface area contributed by atoms with E-state index in [1.165, 1.54) is 56.7 Å². The molecule has 68 heavy (non-hydrogen) atoms. The first-order valence-corrected chi connectivity index (χ1v) is 27.1. The number of hydrazone groups is 2. The first kappa shape index (κ1) is 47.1. The predicted octanol–water partition coefficient (Wildman–Crippen LogP) is 11.0. The van der Waals surface area contributed by atoms with Gasteiger partial charge in [0.2, 0.25) is 9.84 Å². The van der Waals surface area contributed by atoms with Gasteiger partial charge in [-0.2, -0.15) is 10.2 Å². The van der Waals surface area contributed by atoms with Crippen LogP contribution in [-0.2, 0) is 22.9 Å². The smallest absolute Gasteiger partial charge is 0.206 e. The number of anilines is 2. The number of fused-ring (bicyclic) bond motifs is 6. The van der Waals surface area contributed by atoms with Crippen LogP contribution in [0.15, 0.2) is 162 Å². The third-order valence-electron chi connectivity index (χ3n) is 12.0. The molecule has 3 heterocycles. The number of sulfone groups is 1. The molecule has 0 saturated heterocycles. The van der Waals surface area contributed by atoms with Crippen molar-refractivity contribution in [1.29, 1.82) is 0 Å². The number of thioether (sulfide) groups is 2. The molecule has 0 aliphatic carbocycles. The zero-order chi connectivity index (χ0) is 47.4. The van der Waals surface area contributed by atoms with Crippen molar-refractivity contribution in [3.05, 3.63) is 145 Å². The standard InChI is InChI=1S/C52H52N8O4S4/c1-5-39(61)32-59(53-30-35-16-26-49-45(28-35)43-12-8-10-14-47(43)57(49)6-2)37-18-22-41(23-19-37)68(63,64)42-24-20-38(21-25-42)60(33-40(62)34-66-52-56-55-51(65-4)67-52)54-31-36-17-27-50-46(29-36)44-13-9-11-15-48(44)58(50)7-3/h8-31,39-40,61-62H,5-7,32-34H2,1-4H3/b53-30-,54-31-. The summed E-state index contributed by atoms with van der Waals surface area (Å²) in [6, 6.07) is 42.5. The Morgan fingerprint density at radius 1 is 0.618 bits per heavy atom. The number of nitrogens with zero attached hydrogens (tertiary/aromatic N) is 8. The van der Waals surface area contributed by atoms with Crippen molar-refractivity contribution in [1.82, 2.24) is 19.3 Å². The van der Waals surface area contributed by atoms with Crippen LogP contribution in [0.1, 0.15) is 38.3 Å². The van der Waals surface area contributed by atoms with E-state index >= 15 is 0 Å². The highest BCUT2D eigenvalue weighted by atomic mass is 32.2. The van der Waals surface area contributed by atoms with E-state index in [-0.39, 0.29) is 22.9 Å². The van der Waals surface area contributed by atoms with Crippen molar-refractivity contribution in [2.24, 2.45) is 10.2 Å². The molecule has 2 N–H and O–H groups in total. The van der Waals surface area contributed by atoms with E-state index in [0.29, 0.717) is 23.5 Å². The summed E-state index contributed by atoms with van der Waals surface area (Å²) in [5, 5.41) is 48.1. The Labute approximate surface area is 408 Å². The lowest BCUT2D eigenvalue weighted by Gasteiger charge is -2.23. The van der Waals surface area contributed by atoms with Gasteiger partial charge in [-0.3, -0.25) is 10.0 Å². The maximum atomic E-state index is 14.1. The Balaban J connectivity index is 0.957. The second-order valence-corrected chi connectivity index (χ2v) is 21.5. The molecular formula is C52H52N8O4S4. The highest BCUT2D eigenvalue weighted by Gasteiger charge is 2.21. The molecule has 9 rings (SSSR count). The predicted molar refractivity (Wildman–Crippen MR) is 283 cm³/mol. The third kappa shape index (κ3) is 9.79. The van der Waals surface area contributed by atoms with Gasteiger partial charge in [0.1, 0.15) is 0 Å². The van der Waals surface area contributed by atoms with Crippen LogP contribution in [0.5, 0.6) is 0 Å². The highest BCUT2D eigenvalue weighted by molar-refractivity contribution is 8.03. The molecular weight excluding hydrogens is 929 g/mol. The summed E-state index contributed by atoms with van der Waals surface area (Å²) in [6.07, 6.45) is 4.59. The topological polar surface area (TPSA) is 141 Å². The lowest BCUT2D eigenvalue weighted by Crippen LogP contribution is -2.30. The van der Waals surface area contributed by atoms with E-state index in [2.05, 4.69) is 99.9 Å². The number of aromatic nitrogens is 4. The Morgan fingerprint density at radius 2 is 1.07 bits per heavy atom. The van der Waals surface area contributed by atoms with Crippen LogP contribution in [0.3, 0.4) is 0 Å². The summed E-state index contributed by atoms with van der Waals surface area (Å²) < 4.78 is 34.5. The normalized spacial score (nSPS) is 13.2. The average Bonchev–Trinajstić information content (AvgIpc) is 4.07. The van der Waals surface area contributed by atoms with Gasteiger partial charge in [-0.15, -0.1) is 10.2 Å². The summed E-state index contributed by atoms with van der Waals surface area (Å²) >= 11 is 4.45. The second kappa shape index (κ2) is 20.7. The Morgan fingerprint density at radius 3 is 1.53 bits per heavy atom. The van der Waals surface area contributed by atoms with Crippen LogP contribution in [0.25, 0.3) is 43.6 Å². The monoisotopic (exact) mass is 980 g/mol. The first-order chi connectivity index (χ1) is 33.1. The van der Waals surface area contributed by atoms with Crippen LogP contribution in [0.2, 0.25) is 0 Å². The van der Waals surface area contributed by atoms with Crippen molar-refractivity contribution in [2.75, 3.05) is 35.1 Å². The SMILES string of the molecule is CCC(O)CN(/N=C\c1ccc2c(c1)c1ccccc1n2CC)c1ccc(S(=O)(=O)c2ccc(N(CC(O)CSc3nnc(SC)s3)/N=C\c3ccc4c(c3)c3ccccc3n4CC)cc2)cc1. The molecule has 2 atom stereocenters. The number of hydrogen-bond acceptors (Lipinski definition) is 13. The molecule has 0 aliphatic heterocycles. The van der Waals surface area contributed by atoms with Crippen molar-refractivity contribution in [2.45, 2.75) is 71.0 Å². The molecule has 0 bridgehead atoms. The van der Waals surface area contributed by atoms with Gasteiger partial charge < -0.3 is 19.3 Å². The van der Waals surface area contributed by atoms with E-state index in [1.54, 1.807) is 71.0 Å². The van der Waals surface area contributed by atoms with Crippen molar-refractivity contribution < 1.29 is 18.6 Å². The molecule has 6 aromatic carbocycles. The van der Waals surface area contributed by atoms with Gasteiger partial charge in [0.05, 0.1) is 58.9 Å². The molecule has 0 spiro atoms. The molecule has 0 aliphatic rings. The molecule has 2 unspecified atom stereocenters. The number of rotatable bonds is 19. The molecule has 0 fully saturated rings. The van der Waals surface area contributed by atoms with E-state index < -0.39 is 22.0 Å². The number of aryl methyl sites for hydroxylation is 2. The summed E-state index contributed by atoms with van der Waals surface area (Å²) in [6.45, 7) is 8.27. The van der Waals surface area contributed by atoms with Crippen LogP contribution >= 0.6 is 34.9 Å². The van der Waals surface area contributed by atoms with Crippen molar-refractivity contribution >= 4 is 112 Å². The molecule has 12 nitrogen and oxygen atoms in total. The minimum absolute atomic E-state index is 0.115. The van der Waals surface area contributed by atoms with Gasteiger partial charge in [-0.1, -0.05) is 90.3 Å². The second-order valence-electron chi connectivity index (χ2n) is 16.3. The number of hydrogen-bond donors (Lipinski definition) is 2. The quantitative estimate of drug-likeness (QED) is 0.0457. The maximum absolute atomic E-state index is 14.1. The van der Waals surface area contributed by atoms with Crippen molar-refractivity contribution in [3.8, 4) is 0 Å². The Bertz CT molecular complexity index is 3380. The number of para-hydroxylation sites is 2. The minimum Gasteiger partial charge on any atom is -0.391 e. The van der Waals surface area contributed by atoms with Crippen LogP contribution < -0.4 is 10.0 Å². The van der Waals surface area contributed by atoms with Gasteiger partial charge in [0.15, 0.2) is 8.68 Å². The summed E-state index contributed by atoms with van der Waals surface area (Å²) in [5.41, 5.74) is 7.70. The molecule has 0 amide bonds. The lowest BCUT2D eigenvalue weighted by atomic mass is 10.1. The molecule has 348 valence electrons. The van der Waals surface area contributed by atoms with Gasteiger partial charge >= 0.3 is 0 Å². The van der Waals surface area contributed by atoms with Gasteiger partial charge in [-0.25, -0.2) is 8.42 Å². The zero-order valence-electron chi connectivity index (χ0n) is 38.2. The van der Waals surface area contributed by atoms with E-state index in [0.717, 1.165) is 54.7 Å². The highest BCUT2D eigenvalue weighted by Crippen LogP contribution is 2.33. The number of benzene rings is 6. The van der Waals surface area contributed by atoms with E-state index in [9.17, 15) is 18.6 Å². The molecule has 0 radical (unpaired) electrons. The fourth-order valence-electron chi connectivity index (χ4n) is 8.51.